The molecule has 0 unspecified atom stereocenters. The van der Waals surface area contributed by atoms with Gasteiger partial charge in [0.25, 0.3) is 5.82 Å². The molecule has 3 rings (SSSR count). The molecule has 1 aliphatic heterocycles. The summed E-state index contributed by atoms with van der Waals surface area (Å²) in [5, 5.41) is 0. The van der Waals surface area contributed by atoms with Gasteiger partial charge in [-0.15, -0.1) is 0 Å². The lowest BCUT2D eigenvalue weighted by Crippen LogP contribution is -2.30. The number of sulfonamides is 1. The van der Waals surface area contributed by atoms with Crippen LogP contribution in [0, 0.1) is 0 Å². The van der Waals surface area contributed by atoms with Gasteiger partial charge in [0.15, 0.2) is 0 Å². The average Bonchev–Trinajstić information content (AvgIpc) is 3.12. The second-order valence-corrected chi connectivity index (χ2v) is 8.86. The molecule has 0 bridgehead atoms. The monoisotopic (exact) mass is 410 g/mol. The van der Waals surface area contributed by atoms with Gasteiger partial charge in [0.05, 0.1) is 7.05 Å². The first-order valence-corrected chi connectivity index (χ1v) is 10.2. The Bertz CT molecular complexity index is 786. The van der Waals surface area contributed by atoms with Crippen molar-refractivity contribution < 1.29 is 13.4 Å². The molecular weight excluding hydrogens is 390 g/mol. The van der Waals surface area contributed by atoms with Gasteiger partial charge in [0, 0.05) is 23.6 Å². The molecule has 1 fully saturated rings. The number of aromatic amines is 1. The van der Waals surface area contributed by atoms with Gasteiger partial charge in [-0.05, 0) is 36.6 Å². The normalized spacial score (nSPS) is 15.6. The van der Waals surface area contributed by atoms with E-state index in [0.717, 1.165) is 29.7 Å². The van der Waals surface area contributed by atoms with Gasteiger partial charge in [0.2, 0.25) is 10.0 Å². The second kappa shape index (κ2) is 7.21. The molecule has 128 valence electrons. The van der Waals surface area contributed by atoms with Crippen LogP contribution in [0.3, 0.4) is 0 Å². The van der Waals surface area contributed by atoms with Crippen molar-refractivity contribution in [2.45, 2.75) is 24.3 Å². The fourth-order valence-electron chi connectivity index (χ4n) is 2.83. The number of nitrogens with one attached hydrogen (secondary N) is 1. The fraction of sp³-hybridized carbons (Fsp3) is 0.353. The minimum Gasteiger partial charge on any atom is -0.260 e. The average molecular weight is 411 g/mol. The number of hydrogen-bond acceptors (Lipinski definition) is 3. The minimum absolute atomic E-state index is 0.324. The van der Waals surface area contributed by atoms with E-state index in [9.17, 15) is 8.42 Å². The molecule has 0 atom stereocenters. The van der Waals surface area contributed by atoms with Gasteiger partial charge >= 0.3 is 0 Å². The number of anilines is 1. The van der Waals surface area contributed by atoms with Crippen LogP contribution in [0.5, 0.6) is 0 Å². The van der Waals surface area contributed by atoms with Gasteiger partial charge in [-0.3, -0.25) is 4.90 Å². The molecule has 1 saturated heterocycles. The summed E-state index contributed by atoms with van der Waals surface area (Å²) >= 11 is 3.43. The third kappa shape index (κ3) is 3.79. The van der Waals surface area contributed by atoms with E-state index < -0.39 is 10.0 Å². The van der Waals surface area contributed by atoms with E-state index in [4.69, 9.17) is 0 Å². The fourth-order valence-corrected chi connectivity index (χ4v) is 4.58. The SMILES string of the molecule is CN(Cc1ccc(Br)cc1)c1ccc(S(=O)(=O)N2CCCC2)c[nH+]1. The molecule has 0 spiro atoms. The molecule has 1 aromatic heterocycles. The molecule has 0 amide bonds. The Morgan fingerprint density at radius 2 is 1.79 bits per heavy atom. The van der Waals surface area contributed by atoms with Crippen molar-refractivity contribution in [2.75, 3.05) is 25.0 Å². The third-order valence-corrected chi connectivity index (χ3v) is 6.64. The second-order valence-electron chi connectivity index (χ2n) is 6.00. The summed E-state index contributed by atoms with van der Waals surface area (Å²) in [6, 6.07) is 11.6. The lowest BCUT2D eigenvalue weighted by Gasteiger charge is -2.15. The van der Waals surface area contributed by atoms with Gasteiger partial charge < -0.3 is 0 Å². The lowest BCUT2D eigenvalue weighted by molar-refractivity contribution is -0.367. The van der Waals surface area contributed by atoms with Crippen LogP contribution in [0.4, 0.5) is 5.82 Å². The largest absolute Gasteiger partial charge is 0.274 e. The highest BCUT2D eigenvalue weighted by Gasteiger charge is 2.28. The molecule has 0 aliphatic carbocycles. The van der Waals surface area contributed by atoms with E-state index in [0.29, 0.717) is 18.0 Å². The molecule has 7 heteroatoms. The number of nitrogens with zero attached hydrogens (tertiary/aromatic N) is 2. The Hall–Kier alpha value is -1.44. The van der Waals surface area contributed by atoms with Gasteiger partial charge in [-0.1, -0.05) is 28.1 Å². The van der Waals surface area contributed by atoms with Crippen LogP contribution in [-0.2, 0) is 16.6 Å². The first kappa shape index (κ1) is 17.4. The standard InChI is InChI=1S/C17H20BrN3O2S/c1-20(13-14-4-6-15(18)7-5-14)17-9-8-16(12-19-17)24(22,23)21-10-2-3-11-21/h4-9,12H,2-3,10-11,13H2,1H3/p+1. The summed E-state index contributed by atoms with van der Waals surface area (Å²) in [6.45, 7) is 1.98. The van der Waals surface area contributed by atoms with E-state index in [1.54, 1.807) is 16.6 Å². The van der Waals surface area contributed by atoms with Crippen molar-refractivity contribution in [1.82, 2.24) is 4.31 Å². The smallest absolute Gasteiger partial charge is 0.260 e. The maximum absolute atomic E-state index is 12.5. The number of rotatable bonds is 5. The Kier molecular flexibility index (Phi) is 5.22. The van der Waals surface area contributed by atoms with Crippen LogP contribution in [0.1, 0.15) is 18.4 Å². The Morgan fingerprint density at radius 1 is 1.12 bits per heavy atom. The number of hydrogen-bond donors (Lipinski definition) is 0. The molecule has 2 heterocycles. The van der Waals surface area contributed by atoms with Gasteiger partial charge in [-0.25, -0.2) is 13.4 Å². The third-order valence-electron chi connectivity index (χ3n) is 4.21. The molecular formula is C17H21BrN3O2S+. The van der Waals surface area contributed by atoms with Crippen LogP contribution in [0.15, 0.2) is 52.0 Å². The molecule has 1 N–H and O–H groups in total. The van der Waals surface area contributed by atoms with E-state index in [2.05, 4.69) is 37.9 Å². The molecule has 2 aromatic rings. The van der Waals surface area contributed by atoms with E-state index in [1.807, 2.05) is 25.2 Å². The molecule has 1 aromatic carbocycles. The van der Waals surface area contributed by atoms with Crippen LogP contribution in [0.2, 0.25) is 0 Å². The molecule has 5 nitrogen and oxygen atoms in total. The van der Waals surface area contributed by atoms with Crippen molar-refractivity contribution in [3.05, 3.63) is 52.6 Å². The predicted molar refractivity (Wildman–Crippen MR) is 97.2 cm³/mol. The Labute approximate surface area is 151 Å². The van der Waals surface area contributed by atoms with Crippen molar-refractivity contribution in [2.24, 2.45) is 0 Å². The summed E-state index contributed by atoms with van der Waals surface area (Å²) in [7, 11) is -1.39. The van der Waals surface area contributed by atoms with Gasteiger partial charge in [-0.2, -0.15) is 4.31 Å². The number of aromatic nitrogens is 1. The molecule has 24 heavy (non-hydrogen) atoms. The first-order chi connectivity index (χ1) is 11.5. The zero-order valence-corrected chi connectivity index (χ0v) is 16.0. The van der Waals surface area contributed by atoms with E-state index in [-0.39, 0.29) is 0 Å². The van der Waals surface area contributed by atoms with Crippen LogP contribution >= 0.6 is 15.9 Å². The number of benzene rings is 1. The summed E-state index contributed by atoms with van der Waals surface area (Å²) in [6.07, 6.45) is 3.47. The molecule has 0 saturated carbocycles. The number of H-pyrrole nitrogens is 1. The molecule has 0 radical (unpaired) electrons. The summed E-state index contributed by atoms with van der Waals surface area (Å²) in [5.74, 6) is 0.873. The van der Waals surface area contributed by atoms with Crippen molar-refractivity contribution in [1.29, 1.82) is 0 Å². The van der Waals surface area contributed by atoms with Crippen molar-refractivity contribution in [3.8, 4) is 0 Å². The summed E-state index contributed by atoms with van der Waals surface area (Å²) in [4.78, 5) is 5.48. The zero-order valence-electron chi connectivity index (χ0n) is 13.6. The van der Waals surface area contributed by atoms with Crippen LogP contribution in [0.25, 0.3) is 0 Å². The maximum atomic E-state index is 12.5. The Morgan fingerprint density at radius 3 is 2.38 bits per heavy atom. The topological polar surface area (TPSA) is 54.8 Å². The van der Waals surface area contributed by atoms with Gasteiger partial charge in [0.1, 0.15) is 17.6 Å². The highest BCUT2D eigenvalue weighted by molar-refractivity contribution is 9.10. The highest BCUT2D eigenvalue weighted by Crippen LogP contribution is 2.21. The molecule has 1 aliphatic rings. The quantitative estimate of drug-likeness (QED) is 0.760. The Balaban J connectivity index is 1.72. The minimum atomic E-state index is -3.37. The summed E-state index contributed by atoms with van der Waals surface area (Å²) < 4.78 is 27.7. The lowest BCUT2D eigenvalue weighted by atomic mass is 10.2. The van der Waals surface area contributed by atoms with E-state index in [1.165, 1.54) is 5.56 Å². The summed E-state index contributed by atoms with van der Waals surface area (Å²) in [5.41, 5.74) is 1.18. The zero-order chi connectivity index (χ0) is 17.2. The predicted octanol–water partition coefficient (Wildman–Crippen LogP) is 2.68. The van der Waals surface area contributed by atoms with Crippen LogP contribution < -0.4 is 9.88 Å². The number of pyridine rings is 1. The van der Waals surface area contributed by atoms with E-state index >= 15 is 0 Å². The van der Waals surface area contributed by atoms with Crippen LogP contribution in [-0.4, -0.2) is 32.9 Å². The number of halogens is 1. The maximum Gasteiger partial charge on any atom is 0.274 e. The van der Waals surface area contributed by atoms with Crippen molar-refractivity contribution in [3.63, 3.8) is 0 Å². The highest BCUT2D eigenvalue weighted by atomic mass is 79.9. The van der Waals surface area contributed by atoms with Crippen molar-refractivity contribution >= 4 is 31.8 Å². The first-order valence-electron chi connectivity index (χ1n) is 7.94.